The van der Waals surface area contributed by atoms with Crippen molar-refractivity contribution in [2.24, 2.45) is 44.8 Å². The molecule has 0 heterocycles. The number of allylic oxidation sites excluding steroid dienone is 1. The Bertz CT molecular complexity index is 715. The first-order valence-electron chi connectivity index (χ1n) is 10.9. The van der Waals surface area contributed by atoms with Crippen molar-refractivity contribution in [3.63, 3.8) is 0 Å². The van der Waals surface area contributed by atoms with Crippen molar-refractivity contribution in [2.75, 3.05) is 14.2 Å². The van der Waals surface area contributed by atoms with E-state index in [9.17, 15) is 5.11 Å². The second-order valence-electron chi connectivity index (χ2n) is 10.0. The summed E-state index contributed by atoms with van der Waals surface area (Å²) in [5.74, 6) is 2.42. The first-order valence-corrected chi connectivity index (χ1v) is 10.9. The maximum absolute atomic E-state index is 11.1. The number of hydrogen-bond donors (Lipinski definition) is 1. The fraction of sp³-hybridized carbons (Fsp3) is 0.826. The predicted molar refractivity (Wildman–Crippen MR) is 111 cm³/mol. The molecule has 0 aromatic heterocycles. The zero-order valence-electron chi connectivity index (χ0n) is 18.1. The summed E-state index contributed by atoms with van der Waals surface area (Å²) in [7, 11) is 3.24. The molecule has 7 atom stereocenters. The van der Waals surface area contributed by atoms with E-state index in [1.165, 1.54) is 31.3 Å². The van der Waals surface area contributed by atoms with Crippen molar-refractivity contribution in [1.29, 1.82) is 0 Å². The standard InChI is InChI=1S/C23H36N2O3/c1-14(24-27-4)17-6-7-18-16-13-21(26)20-12-15(25-28-5)8-10-23(20,3)19(16)9-11-22(17,18)2/h12,16-19,21,26H,6-11,13H2,1-5H3/b24-14-,25-15+/t16-,17+,18-,19-,21+,22+,23+/m0/s1. The van der Waals surface area contributed by atoms with E-state index < -0.39 is 0 Å². The Morgan fingerprint density at radius 3 is 2.61 bits per heavy atom. The van der Waals surface area contributed by atoms with Gasteiger partial charge in [0.25, 0.3) is 0 Å². The topological polar surface area (TPSA) is 63.4 Å². The molecule has 0 amide bonds. The van der Waals surface area contributed by atoms with Gasteiger partial charge in [0, 0.05) is 5.92 Å². The summed E-state index contributed by atoms with van der Waals surface area (Å²) in [4.78, 5) is 10.1. The van der Waals surface area contributed by atoms with Gasteiger partial charge in [-0.15, -0.1) is 0 Å². The minimum Gasteiger partial charge on any atom is -0.399 e. The van der Waals surface area contributed by atoms with Crippen LogP contribution in [0.4, 0.5) is 0 Å². The largest absolute Gasteiger partial charge is 0.399 e. The molecule has 156 valence electrons. The van der Waals surface area contributed by atoms with Crippen LogP contribution in [0.15, 0.2) is 22.0 Å². The summed E-state index contributed by atoms with van der Waals surface area (Å²) in [6, 6.07) is 0. The first-order chi connectivity index (χ1) is 13.3. The van der Waals surface area contributed by atoms with Crippen molar-refractivity contribution in [1.82, 2.24) is 0 Å². The molecular formula is C23H36N2O3. The van der Waals surface area contributed by atoms with E-state index in [0.717, 1.165) is 30.7 Å². The van der Waals surface area contributed by atoms with E-state index >= 15 is 0 Å². The van der Waals surface area contributed by atoms with Crippen molar-refractivity contribution >= 4 is 11.4 Å². The molecule has 0 aromatic carbocycles. The average molecular weight is 389 g/mol. The molecule has 4 aliphatic carbocycles. The molecule has 5 nitrogen and oxygen atoms in total. The van der Waals surface area contributed by atoms with Crippen molar-refractivity contribution in [2.45, 2.75) is 71.8 Å². The molecule has 5 heteroatoms. The first kappa shape index (κ1) is 19.9. The van der Waals surface area contributed by atoms with Gasteiger partial charge in [0.2, 0.25) is 0 Å². The Morgan fingerprint density at radius 1 is 1.11 bits per heavy atom. The number of rotatable bonds is 3. The van der Waals surface area contributed by atoms with Gasteiger partial charge >= 0.3 is 0 Å². The zero-order valence-corrected chi connectivity index (χ0v) is 18.1. The van der Waals surface area contributed by atoms with Crippen molar-refractivity contribution in [3.05, 3.63) is 11.6 Å². The molecule has 0 saturated heterocycles. The highest BCUT2D eigenvalue weighted by molar-refractivity contribution is 5.96. The normalized spacial score (nSPS) is 47.1. The van der Waals surface area contributed by atoms with Gasteiger partial charge in [-0.25, -0.2) is 0 Å². The van der Waals surface area contributed by atoms with Crippen molar-refractivity contribution < 1.29 is 14.8 Å². The van der Waals surface area contributed by atoms with E-state index in [4.69, 9.17) is 9.68 Å². The van der Waals surface area contributed by atoms with Gasteiger partial charge in [-0.1, -0.05) is 24.2 Å². The van der Waals surface area contributed by atoms with Crippen LogP contribution >= 0.6 is 0 Å². The summed E-state index contributed by atoms with van der Waals surface area (Å²) in [5.41, 5.74) is 3.69. The summed E-state index contributed by atoms with van der Waals surface area (Å²) in [5, 5.41) is 19.6. The van der Waals surface area contributed by atoms with E-state index in [2.05, 4.69) is 37.2 Å². The van der Waals surface area contributed by atoms with Crippen LogP contribution < -0.4 is 0 Å². The molecule has 4 aliphatic rings. The van der Waals surface area contributed by atoms with E-state index in [0.29, 0.717) is 23.7 Å². The molecule has 0 bridgehead atoms. The highest BCUT2D eigenvalue weighted by atomic mass is 16.6. The van der Waals surface area contributed by atoms with E-state index in [-0.39, 0.29) is 16.9 Å². The van der Waals surface area contributed by atoms with E-state index in [1.807, 2.05) is 0 Å². The number of aliphatic hydroxyl groups excluding tert-OH is 1. The van der Waals surface area contributed by atoms with Crippen LogP contribution in [0.2, 0.25) is 0 Å². The number of fused-ring (bicyclic) bond motifs is 5. The molecule has 0 aromatic rings. The van der Waals surface area contributed by atoms with Gasteiger partial charge in [-0.3, -0.25) is 0 Å². The lowest BCUT2D eigenvalue weighted by Crippen LogP contribution is -2.54. The minimum absolute atomic E-state index is 0.0875. The fourth-order valence-corrected chi connectivity index (χ4v) is 7.70. The van der Waals surface area contributed by atoms with Crippen LogP contribution in [0.25, 0.3) is 0 Å². The monoisotopic (exact) mass is 388 g/mol. The maximum atomic E-state index is 11.1. The predicted octanol–water partition coefficient (Wildman–Crippen LogP) is 4.56. The molecule has 1 N–H and O–H groups in total. The SMILES string of the molecule is CO/N=C(/C)[C@H]1CC[C@H]2[C@@H]3C[C@@H](O)C4=C/C(=N/OC)CC[C@]4(C)[C@H]3CC[C@]12C. The van der Waals surface area contributed by atoms with Gasteiger partial charge in [0.05, 0.1) is 17.5 Å². The second-order valence-corrected chi connectivity index (χ2v) is 10.0. The quantitative estimate of drug-likeness (QED) is 0.569. The molecule has 0 unspecified atom stereocenters. The Hall–Kier alpha value is -1.36. The Morgan fingerprint density at radius 2 is 1.89 bits per heavy atom. The molecule has 0 aliphatic heterocycles. The van der Waals surface area contributed by atoms with Crippen LogP contribution in [0.3, 0.4) is 0 Å². The summed E-state index contributed by atoms with van der Waals surface area (Å²) >= 11 is 0. The minimum atomic E-state index is -0.358. The molecule has 4 rings (SSSR count). The van der Waals surface area contributed by atoms with Gasteiger partial charge < -0.3 is 14.8 Å². The lowest BCUT2D eigenvalue weighted by atomic mass is 9.46. The third kappa shape index (κ3) is 2.84. The van der Waals surface area contributed by atoms with Crippen LogP contribution in [0.5, 0.6) is 0 Å². The third-order valence-electron chi connectivity index (χ3n) is 8.94. The highest BCUT2D eigenvalue weighted by Crippen LogP contribution is 2.66. The smallest absolute Gasteiger partial charge is 0.106 e. The van der Waals surface area contributed by atoms with Crippen LogP contribution in [0, 0.1) is 34.5 Å². The van der Waals surface area contributed by atoms with E-state index in [1.54, 1.807) is 14.2 Å². The highest BCUT2D eigenvalue weighted by Gasteiger charge is 2.60. The third-order valence-corrected chi connectivity index (χ3v) is 8.94. The summed E-state index contributed by atoms with van der Waals surface area (Å²) < 4.78 is 0. The maximum Gasteiger partial charge on any atom is 0.106 e. The van der Waals surface area contributed by atoms with Gasteiger partial charge in [-0.2, -0.15) is 0 Å². The summed E-state index contributed by atoms with van der Waals surface area (Å²) in [6.07, 6.45) is 9.60. The molecular weight excluding hydrogens is 352 g/mol. The Balaban J connectivity index is 1.65. The number of hydrogen-bond acceptors (Lipinski definition) is 5. The van der Waals surface area contributed by atoms with Gasteiger partial charge in [0.15, 0.2) is 0 Å². The van der Waals surface area contributed by atoms with Crippen molar-refractivity contribution in [3.8, 4) is 0 Å². The molecule has 28 heavy (non-hydrogen) atoms. The Labute approximate surface area is 169 Å². The molecule has 3 fully saturated rings. The second kappa shape index (κ2) is 7.16. The lowest BCUT2D eigenvalue weighted by molar-refractivity contribution is -0.0705. The Kier molecular flexibility index (Phi) is 5.09. The number of oxime groups is 2. The number of aliphatic hydroxyl groups is 1. The fourth-order valence-electron chi connectivity index (χ4n) is 7.70. The average Bonchev–Trinajstić information content (AvgIpc) is 3.01. The molecule has 3 saturated carbocycles. The van der Waals surface area contributed by atoms with Crippen LogP contribution in [-0.4, -0.2) is 36.9 Å². The van der Waals surface area contributed by atoms with Gasteiger partial charge in [0.1, 0.15) is 14.2 Å². The van der Waals surface area contributed by atoms with Crippen LogP contribution in [0.1, 0.15) is 65.7 Å². The molecule has 0 spiro atoms. The van der Waals surface area contributed by atoms with Crippen LogP contribution in [-0.2, 0) is 9.68 Å². The summed E-state index contributed by atoms with van der Waals surface area (Å²) in [6.45, 7) is 7.00. The molecule has 0 radical (unpaired) electrons. The zero-order chi connectivity index (χ0) is 20.1. The van der Waals surface area contributed by atoms with Gasteiger partial charge in [-0.05, 0) is 92.1 Å². The number of nitrogens with zero attached hydrogens (tertiary/aromatic N) is 2. The lowest BCUT2D eigenvalue weighted by Gasteiger charge is -2.59.